The Balaban J connectivity index is 2.20. The second kappa shape index (κ2) is 9.24. The standard InChI is InChI=1S/C26H38O7/c1-14-10-9-11-26(8,33-18(5)29)24-22-21(19(12-14)31-24)15(2)13-20(30-16(3)27)23(22)25(6,7)32-17(4)28/h10,13,19-24H,9,11-12H2,1-8H3/b14-10+/t19-,20-,21-,22+,23-,24-,26-/m1/s1. The number of carbonyl (C=O) groups is 3. The van der Waals surface area contributed by atoms with Gasteiger partial charge in [-0.2, -0.15) is 0 Å². The van der Waals surface area contributed by atoms with Gasteiger partial charge in [-0.3, -0.25) is 14.4 Å². The number of ether oxygens (including phenoxy) is 4. The zero-order valence-corrected chi connectivity index (χ0v) is 21.1. The largest absolute Gasteiger partial charge is 0.459 e. The van der Waals surface area contributed by atoms with E-state index in [9.17, 15) is 14.4 Å². The van der Waals surface area contributed by atoms with E-state index in [0.717, 1.165) is 18.4 Å². The highest BCUT2D eigenvalue weighted by atomic mass is 16.6. The van der Waals surface area contributed by atoms with Crippen LogP contribution < -0.4 is 0 Å². The lowest BCUT2D eigenvalue weighted by Crippen LogP contribution is -2.57. The highest BCUT2D eigenvalue weighted by Gasteiger charge is 2.62. The van der Waals surface area contributed by atoms with Crippen LogP contribution in [0.25, 0.3) is 0 Å². The fourth-order valence-corrected chi connectivity index (χ4v) is 6.41. The summed E-state index contributed by atoms with van der Waals surface area (Å²) in [6, 6.07) is 0. The summed E-state index contributed by atoms with van der Waals surface area (Å²) < 4.78 is 24.3. The van der Waals surface area contributed by atoms with Gasteiger partial charge in [0, 0.05) is 38.5 Å². The van der Waals surface area contributed by atoms with Gasteiger partial charge >= 0.3 is 17.9 Å². The molecule has 7 atom stereocenters. The van der Waals surface area contributed by atoms with Gasteiger partial charge in [0.25, 0.3) is 0 Å². The first-order valence-corrected chi connectivity index (χ1v) is 11.8. The molecule has 33 heavy (non-hydrogen) atoms. The second-order valence-electron chi connectivity index (χ2n) is 10.6. The Kier molecular flexibility index (Phi) is 7.13. The topological polar surface area (TPSA) is 88.1 Å². The zero-order valence-electron chi connectivity index (χ0n) is 21.1. The van der Waals surface area contributed by atoms with Crippen LogP contribution in [0.1, 0.15) is 74.7 Å². The molecule has 0 aromatic rings. The molecule has 0 aromatic carbocycles. The maximum absolute atomic E-state index is 12.2. The molecule has 2 bridgehead atoms. The van der Waals surface area contributed by atoms with Crippen LogP contribution in [0.3, 0.4) is 0 Å². The minimum Gasteiger partial charge on any atom is -0.459 e. The lowest BCUT2D eigenvalue weighted by Gasteiger charge is -2.49. The lowest BCUT2D eigenvalue weighted by molar-refractivity contribution is -0.191. The number of hydrogen-bond acceptors (Lipinski definition) is 7. The molecule has 0 saturated carbocycles. The molecule has 3 aliphatic rings. The SMILES string of the molecule is CC(=O)O[C@@H]1C=C(C)[C@H]2[C@@H]([C@@H]1C(C)(C)OC(C)=O)[C@H]1O[C@@H]2C/C(C)=C/CC[C@@]1(C)OC(C)=O. The van der Waals surface area contributed by atoms with Gasteiger partial charge in [-0.25, -0.2) is 0 Å². The van der Waals surface area contributed by atoms with Gasteiger partial charge in [0.05, 0.1) is 6.10 Å². The van der Waals surface area contributed by atoms with E-state index in [1.807, 2.05) is 33.8 Å². The minimum atomic E-state index is -0.950. The molecule has 0 spiro atoms. The first-order valence-electron chi connectivity index (χ1n) is 11.8. The molecule has 0 radical (unpaired) electrons. The summed E-state index contributed by atoms with van der Waals surface area (Å²) in [4.78, 5) is 36.2. The second-order valence-corrected chi connectivity index (χ2v) is 10.6. The number of rotatable bonds is 4. The normalized spacial score (nSPS) is 37.8. The molecule has 0 aromatic heterocycles. The molecule has 1 fully saturated rings. The Morgan fingerprint density at radius 1 is 1.09 bits per heavy atom. The highest BCUT2D eigenvalue weighted by Crippen LogP contribution is 2.55. The minimum absolute atomic E-state index is 0.0120. The summed E-state index contributed by atoms with van der Waals surface area (Å²) in [7, 11) is 0. The highest BCUT2D eigenvalue weighted by molar-refractivity contribution is 5.67. The number of hydrogen-bond donors (Lipinski definition) is 0. The Labute approximate surface area is 196 Å². The summed E-state index contributed by atoms with van der Waals surface area (Å²) >= 11 is 0. The van der Waals surface area contributed by atoms with E-state index >= 15 is 0 Å². The molecule has 1 aliphatic carbocycles. The Hall–Kier alpha value is -2.15. The van der Waals surface area contributed by atoms with Crippen LogP contribution in [0, 0.1) is 17.8 Å². The lowest BCUT2D eigenvalue weighted by atomic mass is 9.60. The van der Waals surface area contributed by atoms with E-state index in [4.69, 9.17) is 18.9 Å². The van der Waals surface area contributed by atoms with Crippen molar-refractivity contribution in [2.24, 2.45) is 17.8 Å². The van der Waals surface area contributed by atoms with E-state index < -0.39 is 35.3 Å². The molecule has 1 saturated heterocycles. The summed E-state index contributed by atoms with van der Waals surface area (Å²) in [6.45, 7) is 13.9. The van der Waals surface area contributed by atoms with Crippen molar-refractivity contribution >= 4 is 17.9 Å². The molecule has 3 rings (SSSR count). The third-order valence-corrected chi connectivity index (χ3v) is 7.35. The van der Waals surface area contributed by atoms with Crippen molar-refractivity contribution in [3.8, 4) is 0 Å². The fourth-order valence-electron chi connectivity index (χ4n) is 6.41. The van der Waals surface area contributed by atoms with Crippen LogP contribution in [-0.2, 0) is 33.3 Å². The number of fused-ring (bicyclic) bond motifs is 5. The van der Waals surface area contributed by atoms with Crippen molar-refractivity contribution in [3.05, 3.63) is 23.3 Å². The number of carbonyl (C=O) groups excluding carboxylic acids is 3. The van der Waals surface area contributed by atoms with Crippen molar-refractivity contribution in [2.75, 3.05) is 0 Å². The fraction of sp³-hybridized carbons (Fsp3) is 0.731. The van der Waals surface area contributed by atoms with E-state index in [-0.39, 0.29) is 29.8 Å². The van der Waals surface area contributed by atoms with Gasteiger partial charge < -0.3 is 18.9 Å². The van der Waals surface area contributed by atoms with Gasteiger partial charge in [-0.05, 0) is 60.0 Å². The number of esters is 3. The van der Waals surface area contributed by atoms with E-state index in [2.05, 4.69) is 13.0 Å². The predicted molar refractivity (Wildman–Crippen MR) is 122 cm³/mol. The molecule has 7 nitrogen and oxygen atoms in total. The molecular weight excluding hydrogens is 424 g/mol. The van der Waals surface area contributed by atoms with Crippen LogP contribution in [0.2, 0.25) is 0 Å². The van der Waals surface area contributed by atoms with Gasteiger partial charge in [0.1, 0.15) is 23.4 Å². The van der Waals surface area contributed by atoms with Gasteiger partial charge in [-0.1, -0.05) is 17.2 Å². The molecule has 2 heterocycles. The summed E-state index contributed by atoms with van der Waals surface area (Å²) in [5, 5.41) is 0. The zero-order chi connectivity index (χ0) is 24.7. The summed E-state index contributed by atoms with van der Waals surface area (Å²) in [6.07, 6.45) is 5.15. The molecular formula is C26H38O7. The van der Waals surface area contributed by atoms with Crippen molar-refractivity contribution in [2.45, 2.75) is 104 Å². The average molecular weight is 463 g/mol. The van der Waals surface area contributed by atoms with Gasteiger partial charge in [0.2, 0.25) is 0 Å². The van der Waals surface area contributed by atoms with E-state index in [1.54, 1.807) is 0 Å². The Bertz CT molecular complexity index is 870. The average Bonchev–Trinajstić information content (AvgIpc) is 3.00. The summed E-state index contributed by atoms with van der Waals surface area (Å²) in [5.41, 5.74) is 0.479. The molecule has 7 heteroatoms. The van der Waals surface area contributed by atoms with Crippen LogP contribution in [-0.4, -0.2) is 47.4 Å². The third-order valence-electron chi connectivity index (χ3n) is 7.35. The van der Waals surface area contributed by atoms with Crippen LogP contribution in [0.4, 0.5) is 0 Å². The Morgan fingerprint density at radius 2 is 1.76 bits per heavy atom. The maximum atomic E-state index is 12.2. The third kappa shape index (κ3) is 5.18. The summed E-state index contributed by atoms with van der Waals surface area (Å²) in [5.74, 6) is -1.73. The molecule has 2 aliphatic heterocycles. The van der Waals surface area contributed by atoms with Crippen LogP contribution in [0.5, 0.6) is 0 Å². The molecule has 0 amide bonds. The van der Waals surface area contributed by atoms with Crippen molar-refractivity contribution in [1.29, 1.82) is 0 Å². The molecule has 0 N–H and O–H groups in total. The van der Waals surface area contributed by atoms with Crippen molar-refractivity contribution in [1.82, 2.24) is 0 Å². The van der Waals surface area contributed by atoms with E-state index in [1.165, 1.54) is 26.3 Å². The van der Waals surface area contributed by atoms with E-state index in [0.29, 0.717) is 6.42 Å². The first-order chi connectivity index (χ1) is 15.2. The van der Waals surface area contributed by atoms with Gasteiger partial charge in [0.15, 0.2) is 0 Å². The Morgan fingerprint density at radius 3 is 2.33 bits per heavy atom. The quantitative estimate of drug-likeness (QED) is 0.350. The first kappa shape index (κ1) is 25.5. The van der Waals surface area contributed by atoms with Crippen LogP contribution >= 0.6 is 0 Å². The number of allylic oxidation sites excluding steroid dienone is 1. The van der Waals surface area contributed by atoms with Crippen LogP contribution in [0.15, 0.2) is 23.3 Å². The molecule has 0 unspecified atom stereocenters. The monoisotopic (exact) mass is 462 g/mol. The molecule has 184 valence electrons. The maximum Gasteiger partial charge on any atom is 0.303 e. The smallest absolute Gasteiger partial charge is 0.303 e. The van der Waals surface area contributed by atoms with Crippen molar-refractivity contribution in [3.63, 3.8) is 0 Å². The van der Waals surface area contributed by atoms with Crippen molar-refractivity contribution < 1.29 is 33.3 Å². The van der Waals surface area contributed by atoms with Gasteiger partial charge in [-0.15, -0.1) is 0 Å². The predicted octanol–water partition coefficient (Wildman–Crippen LogP) is 4.29.